The van der Waals surface area contributed by atoms with Gasteiger partial charge in [-0.3, -0.25) is 4.79 Å². The van der Waals surface area contributed by atoms with Gasteiger partial charge in [-0.2, -0.15) is 0 Å². The second kappa shape index (κ2) is 3.15. The van der Waals surface area contributed by atoms with Crippen LogP contribution in [0.2, 0.25) is 0 Å². The lowest BCUT2D eigenvalue weighted by molar-refractivity contribution is 0.650. The van der Waals surface area contributed by atoms with Crippen LogP contribution >= 0.6 is 0 Å². The largest absolute Gasteiger partial charge is 0.329 e. The highest BCUT2D eigenvalue weighted by atomic mass is 16.1. The van der Waals surface area contributed by atoms with Crippen LogP contribution in [-0.2, 0) is 5.41 Å². The Balaban J connectivity index is 2.26. The van der Waals surface area contributed by atoms with Crippen LogP contribution in [-0.4, -0.2) is 16.5 Å². The van der Waals surface area contributed by atoms with E-state index in [0.29, 0.717) is 11.9 Å². The number of aromatic amines is 1. The van der Waals surface area contributed by atoms with Gasteiger partial charge in [-0.25, -0.2) is 4.98 Å². The summed E-state index contributed by atoms with van der Waals surface area (Å²) in [5.41, 5.74) is 6.35. The predicted octanol–water partition coefficient (Wildman–Crippen LogP) is 0.913. The van der Waals surface area contributed by atoms with Crippen LogP contribution < -0.4 is 11.3 Å². The fourth-order valence-electron chi connectivity index (χ4n) is 2.03. The van der Waals surface area contributed by atoms with Crippen molar-refractivity contribution in [3.8, 4) is 0 Å². The number of aromatic nitrogens is 2. The Morgan fingerprint density at radius 1 is 1.38 bits per heavy atom. The molecule has 0 spiro atoms. The quantitative estimate of drug-likeness (QED) is 0.782. The smallest absolute Gasteiger partial charge is 0.258 e. The minimum Gasteiger partial charge on any atom is -0.329 e. The van der Waals surface area contributed by atoms with Gasteiger partial charge in [0, 0.05) is 12.0 Å². The Morgan fingerprint density at radius 3 is 2.81 bits per heavy atom. The number of para-hydroxylation sites is 1. The molecule has 1 aliphatic rings. The molecule has 0 bridgehead atoms. The highest BCUT2D eigenvalue weighted by molar-refractivity contribution is 5.77. The number of fused-ring (bicyclic) bond motifs is 1. The lowest BCUT2D eigenvalue weighted by atomic mass is 10.1. The topological polar surface area (TPSA) is 71.8 Å². The highest BCUT2D eigenvalue weighted by Crippen LogP contribution is 2.45. The fraction of sp³-hybridized carbons (Fsp3) is 0.333. The molecule has 1 aromatic carbocycles. The van der Waals surface area contributed by atoms with Gasteiger partial charge in [0.1, 0.15) is 5.82 Å². The third-order valence-corrected chi connectivity index (χ3v) is 3.36. The second-order valence-electron chi connectivity index (χ2n) is 4.42. The van der Waals surface area contributed by atoms with E-state index in [-0.39, 0.29) is 11.0 Å². The van der Waals surface area contributed by atoms with E-state index < -0.39 is 0 Å². The minimum atomic E-state index is -0.0691. The Bertz CT molecular complexity index is 598. The molecular formula is C12H13N3O. The number of nitrogens with zero attached hydrogens (tertiary/aromatic N) is 1. The maximum atomic E-state index is 11.9. The number of benzene rings is 1. The molecule has 0 atom stereocenters. The van der Waals surface area contributed by atoms with E-state index in [2.05, 4.69) is 9.97 Å². The summed E-state index contributed by atoms with van der Waals surface area (Å²) in [6.07, 6.45) is 2.04. The number of nitrogens with two attached hydrogens (primary N) is 1. The van der Waals surface area contributed by atoms with Gasteiger partial charge >= 0.3 is 0 Å². The van der Waals surface area contributed by atoms with Gasteiger partial charge in [-0.15, -0.1) is 0 Å². The highest BCUT2D eigenvalue weighted by Gasteiger charge is 2.45. The van der Waals surface area contributed by atoms with E-state index in [1.807, 2.05) is 18.2 Å². The second-order valence-corrected chi connectivity index (χ2v) is 4.42. The van der Waals surface area contributed by atoms with Crippen molar-refractivity contribution in [1.82, 2.24) is 9.97 Å². The molecule has 1 fully saturated rings. The Kier molecular flexibility index (Phi) is 1.88. The van der Waals surface area contributed by atoms with Crippen molar-refractivity contribution in [1.29, 1.82) is 0 Å². The summed E-state index contributed by atoms with van der Waals surface area (Å²) >= 11 is 0. The summed E-state index contributed by atoms with van der Waals surface area (Å²) in [7, 11) is 0. The van der Waals surface area contributed by atoms with E-state index in [4.69, 9.17) is 5.73 Å². The molecule has 1 heterocycles. The molecule has 0 unspecified atom stereocenters. The molecule has 4 heteroatoms. The van der Waals surface area contributed by atoms with Crippen molar-refractivity contribution in [3.63, 3.8) is 0 Å². The van der Waals surface area contributed by atoms with Crippen molar-refractivity contribution in [2.75, 3.05) is 6.54 Å². The van der Waals surface area contributed by atoms with Crippen LogP contribution in [0, 0.1) is 0 Å². The molecule has 3 rings (SSSR count). The summed E-state index contributed by atoms with van der Waals surface area (Å²) < 4.78 is 0. The zero-order chi connectivity index (χ0) is 11.2. The zero-order valence-corrected chi connectivity index (χ0v) is 8.86. The Labute approximate surface area is 92.5 Å². The van der Waals surface area contributed by atoms with Crippen LogP contribution in [0.25, 0.3) is 10.9 Å². The van der Waals surface area contributed by atoms with Crippen molar-refractivity contribution in [2.24, 2.45) is 5.73 Å². The van der Waals surface area contributed by atoms with Gasteiger partial charge < -0.3 is 10.7 Å². The molecule has 82 valence electrons. The SMILES string of the molecule is NCC1(c2nc3ccccc3c(=O)[nH]2)CC1. The first-order chi connectivity index (χ1) is 7.75. The molecule has 2 aromatic rings. The molecule has 4 nitrogen and oxygen atoms in total. The molecule has 3 N–H and O–H groups in total. The third kappa shape index (κ3) is 1.27. The van der Waals surface area contributed by atoms with Gasteiger partial charge in [0.05, 0.1) is 10.9 Å². The Morgan fingerprint density at radius 2 is 2.12 bits per heavy atom. The maximum Gasteiger partial charge on any atom is 0.258 e. The van der Waals surface area contributed by atoms with E-state index in [9.17, 15) is 4.79 Å². The van der Waals surface area contributed by atoms with E-state index in [0.717, 1.165) is 24.2 Å². The number of hydrogen-bond acceptors (Lipinski definition) is 3. The summed E-state index contributed by atoms with van der Waals surface area (Å²) in [5, 5.41) is 0.638. The number of H-pyrrole nitrogens is 1. The molecule has 1 aliphatic carbocycles. The van der Waals surface area contributed by atoms with Gasteiger partial charge in [-0.05, 0) is 25.0 Å². The third-order valence-electron chi connectivity index (χ3n) is 3.36. The van der Waals surface area contributed by atoms with Gasteiger partial charge in [0.25, 0.3) is 5.56 Å². The summed E-state index contributed by atoms with van der Waals surface area (Å²) in [6, 6.07) is 7.38. The summed E-state index contributed by atoms with van der Waals surface area (Å²) in [4.78, 5) is 19.2. The zero-order valence-electron chi connectivity index (χ0n) is 8.86. The normalized spacial score (nSPS) is 17.6. The van der Waals surface area contributed by atoms with Crippen LogP contribution in [0.5, 0.6) is 0 Å². The first-order valence-corrected chi connectivity index (χ1v) is 5.45. The summed E-state index contributed by atoms with van der Waals surface area (Å²) in [6.45, 7) is 0.550. The van der Waals surface area contributed by atoms with Crippen molar-refractivity contribution in [2.45, 2.75) is 18.3 Å². The van der Waals surface area contributed by atoms with E-state index in [1.54, 1.807) is 6.07 Å². The maximum absolute atomic E-state index is 11.9. The molecule has 0 aliphatic heterocycles. The average Bonchev–Trinajstić information content (AvgIpc) is 3.10. The van der Waals surface area contributed by atoms with Crippen molar-refractivity contribution in [3.05, 3.63) is 40.4 Å². The molecule has 1 aromatic heterocycles. The molecule has 1 saturated carbocycles. The lowest BCUT2D eigenvalue weighted by Gasteiger charge is -2.11. The van der Waals surface area contributed by atoms with E-state index in [1.165, 1.54) is 0 Å². The van der Waals surface area contributed by atoms with E-state index >= 15 is 0 Å². The fourth-order valence-corrected chi connectivity index (χ4v) is 2.03. The molecular weight excluding hydrogens is 202 g/mol. The molecule has 0 radical (unpaired) electrons. The molecule has 0 amide bonds. The van der Waals surface area contributed by atoms with Gasteiger partial charge in [0.2, 0.25) is 0 Å². The first-order valence-electron chi connectivity index (χ1n) is 5.45. The lowest BCUT2D eigenvalue weighted by Crippen LogP contribution is -2.25. The number of hydrogen-bond donors (Lipinski definition) is 2. The molecule has 16 heavy (non-hydrogen) atoms. The Hall–Kier alpha value is -1.68. The van der Waals surface area contributed by atoms with Crippen molar-refractivity contribution >= 4 is 10.9 Å². The average molecular weight is 215 g/mol. The number of nitrogens with one attached hydrogen (secondary N) is 1. The minimum absolute atomic E-state index is 0.0663. The van der Waals surface area contributed by atoms with Crippen LogP contribution in [0.3, 0.4) is 0 Å². The first kappa shape index (κ1) is 9.54. The predicted molar refractivity (Wildman–Crippen MR) is 62.3 cm³/mol. The van der Waals surface area contributed by atoms with Crippen LogP contribution in [0.15, 0.2) is 29.1 Å². The standard InChI is InChI=1S/C12H13N3O/c13-7-12(5-6-12)11-14-9-4-2-1-3-8(9)10(16)15-11/h1-4H,5-7,13H2,(H,14,15,16). The van der Waals surface area contributed by atoms with Crippen molar-refractivity contribution < 1.29 is 0 Å². The molecule has 0 saturated heterocycles. The van der Waals surface area contributed by atoms with Crippen LogP contribution in [0.1, 0.15) is 18.7 Å². The monoisotopic (exact) mass is 215 g/mol. The number of rotatable bonds is 2. The van der Waals surface area contributed by atoms with Gasteiger partial charge in [-0.1, -0.05) is 12.1 Å². The van der Waals surface area contributed by atoms with Crippen LogP contribution in [0.4, 0.5) is 0 Å². The van der Waals surface area contributed by atoms with Gasteiger partial charge in [0.15, 0.2) is 0 Å². The summed E-state index contributed by atoms with van der Waals surface area (Å²) in [5.74, 6) is 0.749.